The third kappa shape index (κ3) is 3.98. The second-order valence-corrected chi connectivity index (χ2v) is 6.89. The lowest BCUT2D eigenvalue weighted by Gasteiger charge is -2.35. The molecule has 2 aromatic heterocycles. The van der Waals surface area contributed by atoms with Gasteiger partial charge in [-0.2, -0.15) is 13.2 Å². The Hall–Kier alpha value is -3.44. The molecule has 4 heterocycles. The van der Waals surface area contributed by atoms with E-state index in [-0.39, 0.29) is 23.4 Å². The SMILES string of the molecule is O=C(NCC(F)(F)F)c1ccc2c(n1)N(C(=O)Nc1ccc(F)cn1)[C@H]1CCN2C1. The first-order valence-electron chi connectivity index (χ1n) is 9.04. The van der Waals surface area contributed by atoms with Crippen LogP contribution in [0.4, 0.5) is 39.7 Å². The molecular weight excluding hydrogens is 408 g/mol. The zero-order valence-corrected chi connectivity index (χ0v) is 15.4. The Bertz CT molecular complexity index is 982. The Balaban J connectivity index is 1.61. The molecule has 3 amide bonds. The van der Waals surface area contributed by atoms with E-state index in [1.807, 2.05) is 4.90 Å². The molecule has 1 saturated heterocycles. The highest BCUT2D eigenvalue weighted by molar-refractivity contribution is 6.05. The molecular formula is C18H16F4N6O2. The minimum Gasteiger partial charge on any atom is -0.366 e. The summed E-state index contributed by atoms with van der Waals surface area (Å²) in [6.45, 7) is -0.268. The summed E-state index contributed by atoms with van der Waals surface area (Å²) >= 11 is 0. The van der Waals surface area contributed by atoms with E-state index in [0.717, 1.165) is 12.3 Å². The van der Waals surface area contributed by atoms with Crippen molar-refractivity contribution in [3.05, 3.63) is 42.0 Å². The van der Waals surface area contributed by atoms with Crippen LogP contribution in [0.25, 0.3) is 0 Å². The summed E-state index contributed by atoms with van der Waals surface area (Å²) in [5.74, 6) is -1.26. The lowest BCUT2D eigenvalue weighted by atomic mass is 10.1. The smallest absolute Gasteiger partial charge is 0.366 e. The number of urea groups is 1. The first-order valence-corrected chi connectivity index (χ1v) is 9.04. The number of hydrogen-bond donors (Lipinski definition) is 2. The van der Waals surface area contributed by atoms with Crippen molar-refractivity contribution >= 4 is 29.3 Å². The monoisotopic (exact) mass is 424 g/mol. The topological polar surface area (TPSA) is 90.5 Å². The summed E-state index contributed by atoms with van der Waals surface area (Å²) in [6.07, 6.45) is -2.95. The van der Waals surface area contributed by atoms with Gasteiger partial charge in [-0.15, -0.1) is 0 Å². The standard InChI is InChI=1S/C18H16F4N6O2/c19-10-1-4-14(23-7-10)26-17(30)28-11-5-6-27(8-11)13-3-2-12(25-15(13)28)16(29)24-9-18(20,21)22/h1-4,7,11H,5-6,8-9H2,(H,24,29)(H,23,26,30)/t11-/m0/s1. The highest BCUT2D eigenvalue weighted by Gasteiger charge is 2.40. The largest absolute Gasteiger partial charge is 0.405 e. The summed E-state index contributed by atoms with van der Waals surface area (Å²) in [7, 11) is 0. The number of alkyl halides is 3. The molecule has 0 radical (unpaired) electrons. The van der Waals surface area contributed by atoms with Gasteiger partial charge in [0.1, 0.15) is 23.9 Å². The van der Waals surface area contributed by atoms with Crippen molar-refractivity contribution < 1.29 is 27.2 Å². The molecule has 1 atom stereocenters. The van der Waals surface area contributed by atoms with E-state index in [9.17, 15) is 27.2 Å². The minimum atomic E-state index is -4.55. The number of carbonyl (C=O) groups is 2. The molecule has 2 N–H and O–H groups in total. The molecule has 2 aromatic rings. The highest BCUT2D eigenvalue weighted by atomic mass is 19.4. The van der Waals surface area contributed by atoms with E-state index >= 15 is 0 Å². The van der Waals surface area contributed by atoms with Crippen LogP contribution in [0.1, 0.15) is 16.9 Å². The predicted molar refractivity (Wildman–Crippen MR) is 98.9 cm³/mol. The van der Waals surface area contributed by atoms with Crippen LogP contribution in [-0.4, -0.2) is 53.8 Å². The molecule has 0 saturated carbocycles. The Kier molecular flexibility index (Phi) is 4.92. The second kappa shape index (κ2) is 7.43. The first kappa shape index (κ1) is 19.9. The average molecular weight is 424 g/mol. The van der Waals surface area contributed by atoms with E-state index in [1.54, 1.807) is 11.4 Å². The molecule has 4 rings (SSSR count). The molecule has 12 heteroatoms. The van der Waals surface area contributed by atoms with E-state index in [4.69, 9.17) is 0 Å². The molecule has 2 bridgehead atoms. The predicted octanol–water partition coefficient (Wildman–Crippen LogP) is 2.54. The number of hydrogen-bond acceptors (Lipinski definition) is 5. The van der Waals surface area contributed by atoms with E-state index in [1.165, 1.54) is 17.0 Å². The fourth-order valence-corrected chi connectivity index (χ4v) is 3.49. The highest BCUT2D eigenvalue weighted by Crippen LogP contribution is 2.39. The average Bonchev–Trinajstić information content (AvgIpc) is 3.11. The van der Waals surface area contributed by atoms with Crippen molar-refractivity contribution in [2.75, 3.05) is 34.8 Å². The van der Waals surface area contributed by atoms with Crippen molar-refractivity contribution in [3.63, 3.8) is 0 Å². The van der Waals surface area contributed by atoms with Gasteiger partial charge in [0.2, 0.25) is 0 Å². The van der Waals surface area contributed by atoms with Gasteiger partial charge in [-0.25, -0.2) is 19.2 Å². The van der Waals surface area contributed by atoms with Gasteiger partial charge in [0.15, 0.2) is 5.82 Å². The van der Waals surface area contributed by atoms with E-state index < -0.39 is 30.5 Å². The Morgan fingerprint density at radius 1 is 1.20 bits per heavy atom. The number of halogens is 4. The number of aromatic nitrogens is 2. The number of anilines is 3. The number of pyridine rings is 2. The van der Waals surface area contributed by atoms with Crippen LogP contribution in [0.3, 0.4) is 0 Å². The zero-order chi connectivity index (χ0) is 21.5. The Labute approximate surface area is 167 Å². The lowest BCUT2D eigenvalue weighted by molar-refractivity contribution is -0.123. The van der Waals surface area contributed by atoms with Gasteiger partial charge in [-0.3, -0.25) is 15.0 Å². The Morgan fingerprint density at radius 2 is 2.00 bits per heavy atom. The molecule has 0 aromatic carbocycles. The number of carbonyl (C=O) groups excluding carboxylic acids is 2. The molecule has 0 aliphatic carbocycles. The normalized spacial score (nSPS) is 17.5. The summed E-state index contributed by atoms with van der Waals surface area (Å²) < 4.78 is 50.2. The Morgan fingerprint density at radius 3 is 2.70 bits per heavy atom. The minimum absolute atomic E-state index is 0.127. The number of amides is 3. The summed E-state index contributed by atoms with van der Waals surface area (Å²) in [6, 6.07) is 4.50. The van der Waals surface area contributed by atoms with Crippen LogP contribution < -0.4 is 20.4 Å². The first-order chi connectivity index (χ1) is 14.2. The quantitative estimate of drug-likeness (QED) is 0.740. The van der Waals surface area contributed by atoms with Gasteiger partial charge in [0.05, 0.1) is 17.9 Å². The van der Waals surface area contributed by atoms with Crippen molar-refractivity contribution in [2.24, 2.45) is 0 Å². The molecule has 1 fully saturated rings. The van der Waals surface area contributed by atoms with Crippen molar-refractivity contribution in [1.82, 2.24) is 15.3 Å². The number of rotatable bonds is 3. The van der Waals surface area contributed by atoms with E-state index in [2.05, 4.69) is 15.3 Å². The fraction of sp³-hybridized carbons (Fsp3) is 0.333. The van der Waals surface area contributed by atoms with Crippen LogP contribution in [0, 0.1) is 5.82 Å². The molecule has 2 aliphatic rings. The van der Waals surface area contributed by atoms with Gasteiger partial charge in [-0.1, -0.05) is 0 Å². The van der Waals surface area contributed by atoms with Crippen molar-refractivity contribution in [3.8, 4) is 0 Å². The van der Waals surface area contributed by atoms with Crippen LogP contribution >= 0.6 is 0 Å². The maximum Gasteiger partial charge on any atom is 0.405 e. The van der Waals surface area contributed by atoms with Crippen LogP contribution in [0.2, 0.25) is 0 Å². The molecule has 8 nitrogen and oxygen atoms in total. The molecule has 30 heavy (non-hydrogen) atoms. The van der Waals surface area contributed by atoms with Crippen LogP contribution in [0.15, 0.2) is 30.5 Å². The maximum absolute atomic E-state index is 13.0. The number of nitrogens with zero attached hydrogens (tertiary/aromatic N) is 4. The van der Waals surface area contributed by atoms with E-state index in [0.29, 0.717) is 25.2 Å². The molecule has 0 spiro atoms. The second-order valence-electron chi connectivity index (χ2n) is 6.89. The molecule has 0 unspecified atom stereocenters. The van der Waals surface area contributed by atoms with Gasteiger partial charge in [-0.05, 0) is 30.7 Å². The summed E-state index contributed by atoms with van der Waals surface area (Å²) in [5, 5.41) is 4.33. The van der Waals surface area contributed by atoms with Crippen molar-refractivity contribution in [2.45, 2.75) is 18.6 Å². The third-order valence-corrected chi connectivity index (χ3v) is 4.82. The van der Waals surface area contributed by atoms with Gasteiger partial charge >= 0.3 is 12.2 Å². The lowest BCUT2D eigenvalue weighted by Crippen LogP contribution is -2.48. The fourth-order valence-electron chi connectivity index (χ4n) is 3.49. The molecule has 158 valence electrons. The summed E-state index contributed by atoms with van der Waals surface area (Å²) in [5.41, 5.74) is 0.358. The zero-order valence-electron chi connectivity index (χ0n) is 15.4. The number of fused-ring (bicyclic) bond motifs is 4. The van der Waals surface area contributed by atoms with Gasteiger partial charge < -0.3 is 10.2 Å². The van der Waals surface area contributed by atoms with Gasteiger partial charge in [0, 0.05) is 13.1 Å². The third-order valence-electron chi connectivity index (χ3n) is 4.82. The van der Waals surface area contributed by atoms with Crippen LogP contribution in [-0.2, 0) is 0 Å². The summed E-state index contributed by atoms with van der Waals surface area (Å²) in [4.78, 5) is 36.3. The number of nitrogens with one attached hydrogen (secondary N) is 2. The molecule has 2 aliphatic heterocycles. The van der Waals surface area contributed by atoms with Gasteiger partial charge in [0.25, 0.3) is 5.91 Å². The van der Waals surface area contributed by atoms with Crippen LogP contribution in [0.5, 0.6) is 0 Å². The van der Waals surface area contributed by atoms with Crippen molar-refractivity contribution in [1.29, 1.82) is 0 Å². The maximum atomic E-state index is 13.0.